The van der Waals surface area contributed by atoms with Crippen LogP contribution in [0.4, 0.5) is 0 Å². The van der Waals surface area contributed by atoms with Gasteiger partial charge < -0.3 is 4.74 Å². The van der Waals surface area contributed by atoms with Gasteiger partial charge in [-0.15, -0.1) is 11.3 Å². The van der Waals surface area contributed by atoms with Crippen LogP contribution in [0.5, 0.6) is 5.75 Å². The highest BCUT2D eigenvalue weighted by Crippen LogP contribution is 2.22. The Morgan fingerprint density at radius 2 is 2.00 bits per heavy atom. The summed E-state index contributed by atoms with van der Waals surface area (Å²) >= 11 is 1.47. The number of hydrogen-bond donors (Lipinski definition) is 0. The zero-order chi connectivity index (χ0) is 9.56. The van der Waals surface area contributed by atoms with Crippen LogP contribution in [0.1, 0.15) is 31.1 Å². The summed E-state index contributed by atoms with van der Waals surface area (Å²) in [7, 11) is 1.56. The van der Waals surface area contributed by atoms with E-state index in [1.54, 1.807) is 12.5 Å². The molecule has 0 N–H and O–H groups in total. The van der Waals surface area contributed by atoms with Gasteiger partial charge in [0, 0.05) is 10.8 Å². The first-order chi connectivity index (χ1) is 5.75. The maximum absolute atomic E-state index is 10.8. The van der Waals surface area contributed by atoms with Crippen molar-refractivity contribution >= 4 is 17.1 Å². The lowest BCUT2D eigenvalue weighted by Gasteiger charge is -1.95. The van der Waals surface area contributed by atoms with Crippen LogP contribution in [0, 0.1) is 0 Å². The third-order valence-electron chi connectivity index (χ3n) is 1.23. The zero-order valence-electron chi connectivity index (χ0n) is 7.88. The fourth-order valence-corrected chi connectivity index (χ4v) is 1.53. The van der Waals surface area contributed by atoms with Crippen molar-refractivity contribution < 1.29 is 9.53 Å². The molecule has 0 bridgehead atoms. The molecule has 0 amide bonds. The first-order valence-electron chi connectivity index (χ1n) is 3.87. The van der Waals surface area contributed by atoms with E-state index in [-0.39, 0.29) is 5.78 Å². The van der Waals surface area contributed by atoms with Gasteiger partial charge in [0.2, 0.25) is 0 Å². The SMILES string of the molecule is CC.COc1cscc1C(C)=O. The molecule has 0 radical (unpaired) electrons. The number of ether oxygens (including phenoxy) is 1. The predicted octanol–water partition coefficient (Wildman–Crippen LogP) is 2.99. The van der Waals surface area contributed by atoms with E-state index in [0.29, 0.717) is 11.3 Å². The van der Waals surface area contributed by atoms with E-state index >= 15 is 0 Å². The van der Waals surface area contributed by atoms with Crippen LogP contribution in [-0.2, 0) is 0 Å². The normalized spacial score (nSPS) is 8.33. The Hall–Kier alpha value is -0.830. The minimum absolute atomic E-state index is 0.0538. The molecule has 2 nitrogen and oxygen atoms in total. The largest absolute Gasteiger partial charge is 0.495 e. The van der Waals surface area contributed by atoms with Gasteiger partial charge in [-0.3, -0.25) is 4.79 Å². The van der Waals surface area contributed by atoms with Gasteiger partial charge in [0.15, 0.2) is 5.78 Å². The van der Waals surface area contributed by atoms with E-state index in [2.05, 4.69) is 0 Å². The molecule has 1 aromatic heterocycles. The second kappa shape index (κ2) is 5.77. The van der Waals surface area contributed by atoms with Crippen molar-refractivity contribution in [1.29, 1.82) is 0 Å². The standard InChI is InChI=1S/C7H8O2S.C2H6/c1-5(8)6-3-10-4-7(6)9-2;1-2/h3-4H,1-2H3;1-2H3. The Balaban J connectivity index is 0.000000561. The van der Waals surface area contributed by atoms with Gasteiger partial charge in [-0.05, 0) is 6.92 Å². The molecule has 0 saturated carbocycles. The van der Waals surface area contributed by atoms with Crippen molar-refractivity contribution in [3.63, 3.8) is 0 Å². The van der Waals surface area contributed by atoms with Crippen LogP contribution in [0.15, 0.2) is 10.8 Å². The van der Waals surface area contributed by atoms with Gasteiger partial charge in [-0.25, -0.2) is 0 Å². The van der Waals surface area contributed by atoms with E-state index in [1.165, 1.54) is 18.3 Å². The van der Waals surface area contributed by atoms with E-state index < -0.39 is 0 Å². The Labute approximate surface area is 77.2 Å². The molecule has 0 unspecified atom stereocenters. The lowest BCUT2D eigenvalue weighted by Crippen LogP contribution is -1.92. The molecule has 0 aromatic carbocycles. The number of rotatable bonds is 2. The number of hydrogen-bond acceptors (Lipinski definition) is 3. The summed E-state index contributed by atoms with van der Waals surface area (Å²) in [5.41, 5.74) is 0.674. The summed E-state index contributed by atoms with van der Waals surface area (Å²) in [5.74, 6) is 0.732. The molecular formula is C9H14O2S. The van der Waals surface area contributed by atoms with Crippen molar-refractivity contribution in [2.24, 2.45) is 0 Å². The number of thiophene rings is 1. The molecule has 1 aromatic rings. The quantitative estimate of drug-likeness (QED) is 0.664. The highest BCUT2D eigenvalue weighted by atomic mass is 32.1. The number of ketones is 1. The van der Waals surface area contributed by atoms with Gasteiger partial charge in [0.05, 0.1) is 12.7 Å². The summed E-state index contributed by atoms with van der Waals surface area (Å²) in [4.78, 5) is 10.8. The lowest BCUT2D eigenvalue weighted by atomic mass is 10.2. The molecule has 3 heteroatoms. The number of Topliss-reactive ketones (excluding diaryl/α,β-unsaturated/α-hetero) is 1. The molecule has 1 rings (SSSR count). The van der Waals surface area contributed by atoms with Gasteiger partial charge >= 0.3 is 0 Å². The predicted molar refractivity (Wildman–Crippen MR) is 52.2 cm³/mol. The van der Waals surface area contributed by atoms with E-state index in [4.69, 9.17) is 4.74 Å². The average molecular weight is 186 g/mol. The maximum atomic E-state index is 10.8. The minimum Gasteiger partial charge on any atom is -0.495 e. The molecule has 0 aliphatic heterocycles. The first-order valence-corrected chi connectivity index (χ1v) is 4.81. The van der Waals surface area contributed by atoms with Crippen molar-refractivity contribution in [1.82, 2.24) is 0 Å². The molecule has 0 aliphatic carbocycles. The zero-order valence-corrected chi connectivity index (χ0v) is 8.70. The summed E-state index contributed by atoms with van der Waals surface area (Å²) in [6.45, 7) is 5.53. The highest BCUT2D eigenvalue weighted by molar-refractivity contribution is 7.08. The van der Waals surface area contributed by atoms with Crippen LogP contribution < -0.4 is 4.74 Å². The third kappa shape index (κ3) is 2.66. The van der Waals surface area contributed by atoms with E-state index in [1.807, 2.05) is 19.2 Å². The van der Waals surface area contributed by atoms with Crippen molar-refractivity contribution in [3.8, 4) is 5.75 Å². The van der Waals surface area contributed by atoms with Gasteiger partial charge in [0.1, 0.15) is 5.75 Å². The van der Waals surface area contributed by atoms with Crippen molar-refractivity contribution in [2.45, 2.75) is 20.8 Å². The van der Waals surface area contributed by atoms with Crippen LogP contribution in [0.25, 0.3) is 0 Å². The molecule has 0 fully saturated rings. The van der Waals surface area contributed by atoms with E-state index in [9.17, 15) is 4.79 Å². The Kier molecular flexibility index (Phi) is 5.37. The van der Waals surface area contributed by atoms with Crippen LogP contribution in [0.3, 0.4) is 0 Å². The van der Waals surface area contributed by atoms with E-state index in [0.717, 1.165) is 0 Å². The molecular weight excluding hydrogens is 172 g/mol. The second-order valence-corrected chi connectivity index (χ2v) is 2.65. The van der Waals surface area contributed by atoms with Gasteiger partial charge in [-0.1, -0.05) is 13.8 Å². The van der Waals surface area contributed by atoms with Crippen LogP contribution in [-0.4, -0.2) is 12.9 Å². The summed E-state index contributed by atoms with van der Waals surface area (Å²) in [6.07, 6.45) is 0. The van der Waals surface area contributed by atoms with Gasteiger partial charge in [-0.2, -0.15) is 0 Å². The fraction of sp³-hybridized carbons (Fsp3) is 0.444. The Morgan fingerprint density at radius 3 is 2.33 bits per heavy atom. The van der Waals surface area contributed by atoms with Gasteiger partial charge in [0.25, 0.3) is 0 Å². The van der Waals surface area contributed by atoms with Crippen molar-refractivity contribution in [2.75, 3.05) is 7.11 Å². The molecule has 12 heavy (non-hydrogen) atoms. The van der Waals surface area contributed by atoms with Crippen molar-refractivity contribution in [3.05, 3.63) is 16.3 Å². The lowest BCUT2D eigenvalue weighted by molar-refractivity contribution is 0.101. The summed E-state index contributed by atoms with van der Waals surface area (Å²) in [5, 5.41) is 3.61. The third-order valence-corrected chi connectivity index (χ3v) is 1.95. The fourth-order valence-electron chi connectivity index (χ4n) is 0.700. The molecule has 0 aliphatic rings. The monoisotopic (exact) mass is 186 g/mol. The topological polar surface area (TPSA) is 26.3 Å². The second-order valence-electron chi connectivity index (χ2n) is 1.91. The molecule has 0 spiro atoms. The van der Waals surface area contributed by atoms with Crippen LogP contribution >= 0.6 is 11.3 Å². The Bertz CT molecular complexity index is 240. The molecule has 0 saturated heterocycles. The highest BCUT2D eigenvalue weighted by Gasteiger charge is 2.06. The summed E-state index contributed by atoms with van der Waals surface area (Å²) in [6, 6.07) is 0. The smallest absolute Gasteiger partial charge is 0.164 e. The van der Waals surface area contributed by atoms with Crippen LogP contribution in [0.2, 0.25) is 0 Å². The molecule has 68 valence electrons. The summed E-state index contributed by atoms with van der Waals surface area (Å²) < 4.78 is 4.94. The number of carbonyl (C=O) groups is 1. The first kappa shape index (κ1) is 11.2. The molecule has 0 atom stereocenters. The Morgan fingerprint density at radius 1 is 1.42 bits per heavy atom. The number of methoxy groups -OCH3 is 1. The maximum Gasteiger partial charge on any atom is 0.164 e. The molecule has 1 heterocycles. The number of carbonyl (C=O) groups excluding carboxylic acids is 1. The minimum atomic E-state index is 0.0538. The average Bonchev–Trinajstić information content (AvgIpc) is 2.55.